The first-order chi connectivity index (χ1) is 9.58. The second-order valence-electron chi connectivity index (χ2n) is 6.16. The minimum Gasteiger partial charge on any atom is -0.340 e. The third kappa shape index (κ3) is 3.68. The number of thioether (sulfide) groups is 1. The van der Waals surface area contributed by atoms with E-state index in [1.807, 2.05) is 18.7 Å². The molecule has 2 fully saturated rings. The minimum atomic E-state index is -0.631. The third-order valence-electron chi connectivity index (χ3n) is 4.39. The molecule has 1 atom stereocenters. The van der Waals surface area contributed by atoms with E-state index in [2.05, 4.69) is 11.6 Å². The average Bonchev–Trinajstić information content (AvgIpc) is 3.23. The summed E-state index contributed by atoms with van der Waals surface area (Å²) in [5.74, 6) is 1.69. The molecule has 1 heterocycles. The molecule has 2 aliphatic rings. The van der Waals surface area contributed by atoms with Crippen LogP contribution in [0.2, 0.25) is 0 Å². The van der Waals surface area contributed by atoms with E-state index in [9.17, 15) is 9.59 Å². The first kappa shape index (κ1) is 15.7. The molecule has 0 aromatic rings. The Morgan fingerprint density at radius 2 is 1.95 bits per heavy atom. The van der Waals surface area contributed by atoms with Crippen molar-refractivity contribution >= 4 is 23.6 Å². The van der Waals surface area contributed by atoms with Gasteiger partial charge in [-0.15, -0.1) is 0 Å². The molecule has 114 valence electrons. The second kappa shape index (κ2) is 6.83. The first-order valence-corrected chi connectivity index (χ1v) is 9.06. The molecule has 1 N–H and O–H groups in total. The van der Waals surface area contributed by atoms with Crippen LogP contribution in [0.25, 0.3) is 0 Å². The maximum atomic E-state index is 12.5. The van der Waals surface area contributed by atoms with Gasteiger partial charge < -0.3 is 10.2 Å². The summed E-state index contributed by atoms with van der Waals surface area (Å²) in [6.45, 7) is 2.87. The van der Waals surface area contributed by atoms with Gasteiger partial charge in [-0.1, -0.05) is 12.8 Å². The molecule has 1 aliphatic carbocycles. The fourth-order valence-electron chi connectivity index (χ4n) is 2.98. The van der Waals surface area contributed by atoms with Crippen LogP contribution in [-0.4, -0.2) is 47.4 Å². The fraction of sp³-hybridized carbons (Fsp3) is 0.867. The second-order valence-corrected chi connectivity index (χ2v) is 7.14. The summed E-state index contributed by atoms with van der Waals surface area (Å²) in [4.78, 5) is 26.2. The number of rotatable bonds is 8. The molecular formula is C15H26N2O2S. The van der Waals surface area contributed by atoms with E-state index in [4.69, 9.17) is 0 Å². The molecule has 0 bridgehead atoms. The standard InChI is InChI=1S/C15H26N2O2S/c1-15(12-7-8-12)14(19)17(11-13(18)16-15)9-5-3-4-6-10-20-2/h12H,3-11H2,1-2H3,(H,16,18). The Bertz CT molecular complexity index is 371. The lowest BCUT2D eigenvalue weighted by molar-refractivity contribution is -0.150. The number of unbranched alkanes of at least 4 members (excludes halogenated alkanes) is 3. The number of hydrogen-bond donors (Lipinski definition) is 1. The Labute approximate surface area is 126 Å². The predicted molar refractivity (Wildman–Crippen MR) is 82.7 cm³/mol. The smallest absolute Gasteiger partial charge is 0.248 e. The number of amides is 2. The predicted octanol–water partition coefficient (Wildman–Crippen LogP) is 2.04. The highest BCUT2D eigenvalue weighted by atomic mass is 32.2. The van der Waals surface area contributed by atoms with Crippen LogP contribution >= 0.6 is 11.8 Å². The zero-order valence-electron chi connectivity index (χ0n) is 12.6. The number of nitrogens with one attached hydrogen (secondary N) is 1. The Morgan fingerprint density at radius 1 is 1.25 bits per heavy atom. The first-order valence-electron chi connectivity index (χ1n) is 7.67. The van der Waals surface area contributed by atoms with Gasteiger partial charge in [0.05, 0.1) is 6.54 Å². The van der Waals surface area contributed by atoms with E-state index < -0.39 is 5.54 Å². The molecule has 2 amide bonds. The molecule has 20 heavy (non-hydrogen) atoms. The summed E-state index contributed by atoms with van der Waals surface area (Å²) >= 11 is 1.88. The van der Waals surface area contributed by atoms with Crippen molar-refractivity contribution in [2.24, 2.45) is 5.92 Å². The van der Waals surface area contributed by atoms with Crippen LogP contribution in [0.4, 0.5) is 0 Å². The maximum Gasteiger partial charge on any atom is 0.248 e. The normalized spacial score (nSPS) is 26.8. The van der Waals surface area contributed by atoms with Crippen molar-refractivity contribution in [3.63, 3.8) is 0 Å². The highest BCUT2D eigenvalue weighted by Crippen LogP contribution is 2.41. The van der Waals surface area contributed by atoms with Gasteiger partial charge in [0.2, 0.25) is 11.8 Å². The quantitative estimate of drug-likeness (QED) is 0.698. The van der Waals surface area contributed by atoms with Crippen LogP contribution in [0.1, 0.15) is 45.4 Å². The van der Waals surface area contributed by atoms with E-state index >= 15 is 0 Å². The molecule has 0 aromatic carbocycles. The van der Waals surface area contributed by atoms with Crippen molar-refractivity contribution in [2.75, 3.05) is 25.1 Å². The van der Waals surface area contributed by atoms with Gasteiger partial charge in [-0.25, -0.2) is 0 Å². The largest absolute Gasteiger partial charge is 0.340 e. The van der Waals surface area contributed by atoms with Crippen molar-refractivity contribution in [1.82, 2.24) is 10.2 Å². The Morgan fingerprint density at radius 3 is 2.60 bits per heavy atom. The van der Waals surface area contributed by atoms with Crippen LogP contribution < -0.4 is 5.32 Å². The van der Waals surface area contributed by atoms with Crippen molar-refractivity contribution < 1.29 is 9.59 Å². The molecule has 4 nitrogen and oxygen atoms in total. The van der Waals surface area contributed by atoms with Crippen molar-refractivity contribution in [3.05, 3.63) is 0 Å². The lowest BCUT2D eigenvalue weighted by Gasteiger charge is -2.40. The van der Waals surface area contributed by atoms with Gasteiger partial charge in [0.25, 0.3) is 0 Å². The average molecular weight is 298 g/mol. The topological polar surface area (TPSA) is 49.4 Å². The Balaban J connectivity index is 1.78. The highest BCUT2D eigenvalue weighted by molar-refractivity contribution is 7.98. The summed E-state index contributed by atoms with van der Waals surface area (Å²) in [6.07, 6.45) is 8.87. The molecular weight excluding hydrogens is 272 g/mol. The number of hydrogen-bond acceptors (Lipinski definition) is 3. The van der Waals surface area contributed by atoms with Crippen molar-refractivity contribution in [3.8, 4) is 0 Å². The molecule has 1 saturated heterocycles. The van der Waals surface area contributed by atoms with E-state index in [1.54, 1.807) is 4.90 Å². The van der Waals surface area contributed by atoms with Gasteiger partial charge >= 0.3 is 0 Å². The number of carbonyl (C=O) groups is 2. The lowest BCUT2D eigenvalue weighted by atomic mass is 9.91. The molecule has 1 saturated carbocycles. The fourth-order valence-corrected chi connectivity index (χ4v) is 3.47. The van der Waals surface area contributed by atoms with Gasteiger partial charge in [-0.2, -0.15) is 11.8 Å². The SMILES string of the molecule is CSCCCCCCN1CC(=O)NC(C)(C2CC2)C1=O. The van der Waals surface area contributed by atoms with Crippen LogP contribution in [0.3, 0.4) is 0 Å². The monoisotopic (exact) mass is 298 g/mol. The van der Waals surface area contributed by atoms with Gasteiger partial charge in [-0.3, -0.25) is 9.59 Å². The Kier molecular flexibility index (Phi) is 5.35. The Hall–Kier alpha value is -0.710. The molecule has 0 radical (unpaired) electrons. The minimum absolute atomic E-state index is 0.00128. The summed E-state index contributed by atoms with van der Waals surface area (Å²) < 4.78 is 0. The van der Waals surface area contributed by atoms with Crippen LogP contribution in [0.15, 0.2) is 0 Å². The highest BCUT2D eigenvalue weighted by Gasteiger charge is 2.52. The van der Waals surface area contributed by atoms with Gasteiger partial charge in [0.15, 0.2) is 0 Å². The summed E-state index contributed by atoms with van der Waals surface area (Å²) in [5.41, 5.74) is -0.631. The zero-order valence-corrected chi connectivity index (χ0v) is 13.4. The molecule has 2 rings (SSSR count). The van der Waals surface area contributed by atoms with E-state index in [1.165, 1.54) is 18.6 Å². The summed E-state index contributed by atoms with van der Waals surface area (Å²) in [6, 6.07) is 0. The molecule has 0 aromatic heterocycles. The summed E-state index contributed by atoms with van der Waals surface area (Å²) in [7, 11) is 0. The molecule has 5 heteroatoms. The number of carbonyl (C=O) groups excluding carboxylic acids is 2. The number of piperazine rings is 1. The maximum absolute atomic E-state index is 12.5. The van der Waals surface area contributed by atoms with Gasteiger partial charge in [0, 0.05) is 6.54 Å². The lowest BCUT2D eigenvalue weighted by Crippen LogP contribution is -2.66. The van der Waals surface area contributed by atoms with E-state index in [-0.39, 0.29) is 18.4 Å². The summed E-state index contributed by atoms with van der Waals surface area (Å²) in [5, 5.41) is 2.92. The van der Waals surface area contributed by atoms with E-state index in [0.717, 1.165) is 32.2 Å². The van der Waals surface area contributed by atoms with Crippen molar-refractivity contribution in [2.45, 2.75) is 51.0 Å². The molecule has 0 spiro atoms. The van der Waals surface area contributed by atoms with Gasteiger partial charge in [0.1, 0.15) is 5.54 Å². The molecule has 1 aliphatic heterocycles. The zero-order chi connectivity index (χ0) is 14.6. The van der Waals surface area contributed by atoms with Crippen LogP contribution in [0.5, 0.6) is 0 Å². The number of nitrogens with zero attached hydrogens (tertiary/aromatic N) is 1. The molecule has 1 unspecified atom stereocenters. The van der Waals surface area contributed by atoms with E-state index in [0.29, 0.717) is 5.92 Å². The van der Waals surface area contributed by atoms with Crippen molar-refractivity contribution in [1.29, 1.82) is 0 Å². The van der Waals surface area contributed by atoms with Crippen LogP contribution in [0, 0.1) is 5.92 Å². The van der Waals surface area contributed by atoms with Gasteiger partial charge in [-0.05, 0) is 50.5 Å². The third-order valence-corrected chi connectivity index (χ3v) is 5.08. The van der Waals surface area contributed by atoms with Crippen LogP contribution in [-0.2, 0) is 9.59 Å².